The van der Waals surface area contributed by atoms with Gasteiger partial charge in [0.25, 0.3) is 0 Å². The van der Waals surface area contributed by atoms with E-state index in [-0.39, 0.29) is 29.1 Å². The number of benzene rings is 2. The molecule has 4 nitrogen and oxygen atoms in total. The molecule has 25 heavy (non-hydrogen) atoms. The standard InChI is InChI=1S/C19H22FNO3S/c1-3-18(15-8-11-16(12-9-15)25(2,23)24)21-19(22)13-10-14-6-4-5-7-17(14)20/h4-9,11-12,18H,3,10,13H2,1-2H3,(H,21,22)/t18-/m0/s1. The number of nitrogens with one attached hydrogen (secondary N) is 1. The van der Waals surface area contributed by atoms with Crippen LogP contribution in [-0.4, -0.2) is 20.6 Å². The lowest BCUT2D eigenvalue weighted by molar-refractivity contribution is -0.121. The first kappa shape index (κ1) is 19.1. The molecule has 0 saturated carbocycles. The molecular formula is C19H22FNO3S. The molecule has 0 radical (unpaired) electrons. The second-order valence-corrected chi connectivity index (χ2v) is 7.98. The zero-order valence-electron chi connectivity index (χ0n) is 14.3. The topological polar surface area (TPSA) is 63.2 Å². The SMILES string of the molecule is CC[C@H](NC(=O)CCc1ccccc1F)c1ccc(S(C)(=O)=O)cc1. The van der Waals surface area contributed by atoms with E-state index in [4.69, 9.17) is 0 Å². The van der Waals surface area contributed by atoms with Crippen LogP contribution in [0.4, 0.5) is 4.39 Å². The van der Waals surface area contributed by atoms with Crippen LogP contribution in [0.1, 0.15) is 36.9 Å². The number of halogens is 1. The van der Waals surface area contributed by atoms with E-state index in [0.29, 0.717) is 18.4 Å². The Hall–Kier alpha value is -2.21. The van der Waals surface area contributed by atoms with E-state index in [0.717, 1.165) is 11.8 Å². The summed E-state index contributed by atoms with van der Waals surface area (Å²) < 4.78 is 36.6. The molecule has 0 aliphatic carbocycles. The number of rotatable bonds is 7. The van der Waals surface area contributed by atoms with Crippen LogP contribution in [0.25, 0.3) is 0 Å². The van der Waals surface area contributed by atoms with Crippen LogP contribution in [0.3, 0.4) is 0 Å². The van der Waals surface area contributed by atoms with E-state index in [1.54, 1.807) is 42.5 Å². The van der Waals surface area contributed by atoms with Gasteiger partial charge in [0.2, 0.25) is 5.91 Å². The normalized spacial score (nSPS) is 12.6. The van der Waals surface area contributed by atoms with E-state index in [1.165, 1.54) is 6.07 Å². The summed E-state index contributed by atoms with van der Waals surface area (Å²) in [4.78, 5) is 12.4. The smallest absolute Gasteiger partial charge is 0.220 e. The van der Waals surface area contributed by atoms with Gasteiger partial charge in [-0.1, -0.05) is 37.3 Å². The fraction of sp³-hybridized carbons (Fsp3) is 0.316. The molecule has 0 unspecified atom stereocenters. The van der Waals surface area contributed by atoms with Crippen molar-refractivity contribution in [2.75, 3.05) is 6.26 Å². The van der Waals surface area contributed by atoms with Gasteiger partial charge in [0.1, 0.15) is 5.82 Å². The highest BCUT2D eigenvalue weighted by Crippen LogP contribution is 2.19. The Morgan fingerprint density at radius 2 is 1.76 bits per heavy atom. The predicted octanol–water partition coefficient (Wildman–Crippen LogP) is 3.43. The fourth-order valence-corrected chi connectivity index (χ4v) is 3.21. The number of carbonyl (C=O) groups is 1. The molecule has 0 aliphatic rings. The third-order valence-corrected chi connectivity index (χ3v) is 5.16. The zero-order valence-corrected chi connectivity index (χ0v) is 15.1. The van der Waals surface area contributed by atoms with Crippen molar-refractivity contribution in [3.63, 3.8) is 0 Å². The summed E-state index contributed by atoms with van der Waals surface area (Å²) in [6.07, 6.45) is 2.36. The van der Waals surface area contributed by atoms with Gasteiger partial charge in [0, 0.05) is 12.7 Å². The summed E-state index contributed by atoms with van der Waals surface area (Å²) in [6, 6.07) is 12.7. The lowest BCUT2D eigenvalue weighted by atomic mass is 10.0. The summed E-state index contributed by atoms with van der Waals surface area (Å²) in [6.45, 7) is 1.94. The van der Waals surface area contributed by atoms with E-state index in [2.05, 4.69) is 5.32 Å². The van der Waals surface area contributed by atoms with Crippen molar-refractivity contribution < 1.29 is 17.6 Å². The molecule has 2 aromatic carbocycles. The zero-order chi connectivity index (χ0) is 18.4. The maximum atomic E-state index is 13.6. The summed E-state index contributed by atoms with van der Waals surface area (Å²) in [5.74, 6) is -0.471. The number of sulfone groups is 1. The Morgan fingerprint density at radius 1 is 1.12 bits per heavy atom. The lowest BCUT2D eigenvalue weighted by Gasteiger charge is -2.18. The van der Waals surface area contributed by atoms with Gasteiger partial charge in [0.05, 0.1) is 10.9 Å². The first-order chi connectivity index (χ1) is 11.8. The van der Waals surface area contributed by atoms with Crippen LogP contribution in [0, 0.1) is 5.82 Å². The summed E-state index contributed by atoms with van der Waals surface area (Å²) in [7, 11) is -3.24. The summed E-state index contributed by atoms with van der Waals surface area (Å²) >= 11 is 0. The van der Waals surface area contributed by atoms with Crippen molar-refractivity contribution >= 4 is 15.7 Å². The maximum absolute atomic E-state index is 13.6. The molecule has 0 fully saturated rings. The molecule has 0 saturated heterocycles. The molecule has 134 valence electrons. The number of hydrogen-bond acceptors (Lipinski definition) is 3. The molecule has 2 rings (SSSR count). The van der Waals surface area contributed by atoms with Gasteiger partial charge in [0.15, 0.2) is 9.84 Å². The molecule has 1 N–H and O–H groups in total. The van der Waals surface area contributed by atoms with E-state index in [9.17, 15) is 17.6 Å². The van der Waals surface area contributed by atoms with Crippen LogP contribution in [0.5, 0.6) is 0 Å². The van der Waals surface area contributed by atoms with Crippen LogP contribution in [0.2, 0.25) is 0 Å². The van der Waals surface area contributed by atoms with Crippen LogP contribution in [0.15, 0.2) is 53.4 Å². The molecule has 0 aromatic heterocycles. The van der Waals surface area contributed by atoms with Crippen molar-refractivity contribution in [2.45, 2.75) is 37.1 Å². The summed E-state index contributed by atoms with van der Waals surface area (Å²) in [5.41, 5.74) is 1.36. The largest absolute Gasteiger partial charge is 0.349 e. The van der Waals surface area contributed by atoms with Crippen LogP contribution < -0.4 is 5.32 Å². The van der Waals surface area contributed by atoms with E-state index < -0.39 is 9.84 Å². The molecule has 1 atom stereocenters. The Bertz CT molecular complexity index is 832. The lowest BCUT2D eigenvalue weighted by Crippen LogP contribution is -2.28. The van der Waals surface area contributed by atoms with Crippen molar-refractivity contribution in [2.24, 2.45) is 0 Å². The highest BCUT2D eigenvalue weighted by Gasteiger charge is 2.14. The molecule has 0 spiro atoms. The van der Waals surface area contributed by atoms with Crippen molar-refractivity contribution in [3.8, 4) is 0 Å². The average molecular weight is 363 g/mol. The number of aryl methyl sites for hydroxylation is 1. The Morgan fingerprint density at radius 3 is 2.32 bits per heavy atom. The van der Waals surface area contributed by atoms with Crippen molar-refractivity contribution in [3.05, 3.63) is 65.5 Å². The van der Waals surface area contributed by atoms with Crippen LogP contribution >= 0.6 is 0 Å². The quantitative estimate of drug-likeness (QED) is 0.820. The van der Waals surface area contributed by atoms with Crippen molar-refractivity contribution in [1.82, 2.24) is 5.32 Å². The molecule has 1 amide bonds. The Labute approximate surface area is 148 Å². The molecule has 0 aliphatic heterocycles. The maximum Gasteiger partial charge on any atom is 0.220 e. The first-order valence-corrected chi connectivity index (χ1v) is 10.0. The van der Waals surface area contributed by atoms with E-state index >= 15 is 0 Å². The molecular weight excluding hydrogens is 341 g/mol. The summed E-state index contributed by atoms with van der Waals surface area (Å²) in [5, 5.41) is 2.92. The highest BCUT2D eigenvalue weighted by molar-refractivity contribution is 7.90. The van der Waals surface area contributed by atoms with Gasteiger partial charge < -0.3 is 5.32 Å². The molecule has 0 bridgehead atoms. The first-order valence-electron chi connectivity index (χ1n) is 8.14. The monoisotopic (exact) mass is 363 g/mol. The number of amides is 1. The predicted molar refractivity (Wildman–Crippen MR) is 95.4 cm³/mol. The minimum atomic E-state index is -3.24. The Balaban J connectivity index is 1.99. The van der Waals surface area contributed by atoms with Gasteiger partial charge in [-0.15, -0.1) is 0 Å². The van der Waals surface area contributed by atoms with Gasteiger partial charge in [-0.05, 0) is 42.2 Å². The Kier molecular flexibility index (Phi) is 6.31. The van der Waals surface area contributed by atoms with E-state index in [1.807, 2.05) is 6.92 Å². The van der Waals surface area contributed by atoms with Crippen molar-refractivity contribution in [1.29, 1.82) is 0 Å². The minimum absolute atomic E-state index is 0.165. The van der Waals surface area contributed by atoms with Gasteiger partial charge in [-0.25, -0.2) is 12.8 Å². The van der Waals surface area contributed by atoms with Crippen LogP contribution in [-0.2, 0) is 21.1 Å². The average Bonchev–Trinajstić information content (AvgIpc) is 2.58. The highest BCUT2D eigenvalue weighted by atomic mass is 32.2. The molecule has 2 aromatic rings. The third-order valence-electron chi connectivity index (χ3n) is 4.03. The third kappa shape index (κ3) is 5.39. The number of carbonyl (C=O) groups excluding carboxylic acids is 1. The molecule has 6 heteroatoms. The molecule has 0 heterocycles. The minimum Gasteiger partial charge on any atom is -0.349 e. The second-order valence-electron chi connectivity index (χ2n) is 5.96. The van der Waals surface area contributed by atoms with Gasteiger partial charge in [-0.2, -0.15) is 0 Å². The fourth-order valence-electron chi connectivity index (χ4n) is 2.58. The van der Waals surface area contributed by atoms with Gasteiger partial charge >= 0.3 is 0 Å². The number of hydrogen-bond donors (Lipinski definition) is 1. The van der Waals surface area contributed by atoms with Gasteiger partial charge in [-0.3, -0.25) is 4.79 Å². The second kappa shape index (κ2) is 8.25.